The molecule has 2 amide bonds. The number of nitrogens with zero attached hydrogens (tertiary/aromatic N) is 1. The van der Waals surface area contributed by atoms with Crippen molar-refractivity contribution in [1.29, 1.82) is 0 Å². The van der Waals surface area contributed by atoms with Gasteiger partial charge in [-0.25, -0.2) is 10.2 Å². The fourth-order valence-electron chi connectivity index (χ4n) is 2.52. The number of methoxy groups -OCH3 is 1. The summed E-state index contributed by atoms with van der Waals surface area (Å²) < 4.78 is 10.3. The van der Waals surface area contributed by atoms with Crippen LogP contribution in [0.4, 0.5) is 5.69 Å². The van der Waals surface area contributed by atoms with Crippen LogP contribution in [0.25, 0.3) is 0 Å². The van der Waals surface area contributed by atoms with Gasteiger partial charge < -0.3 is 14.8 Å². The number of hydrogen-bond donors (Lipinski definition) is 2. The molecule has 0 aromatic heterocycles. The van der Waals surface area contributed by atoms with Crippen LogP contribution in [-0.2, 0) is 9.59 Å². The minimum Gasteiger partial charge on any atom is -0.497 e. The van der Waals surface area contributed by atoms with Crippen molar-refractivity contribution in [2.24, 2.45) is 5.10 Å². The zero-order valence-electron chi connectivity index (χ0n) is 17.2. The molecule has 0 aliphatic rings. The first-order valence-electron chi connectivity index (χ1n) is 9.41. The quantitative estimate of drug-likeness (QED) is 0.178. The molecule has 0 radical (unpaired) electrons. The summed E-state index contributed by atoms with van der Waals surface area (Å²) in [7, 11) is 1.52. The van der Waals surface area contributed by atoms with E-state index in [-0.39, 0.29) is 16.3 Å². The molecule has 3 aromatic carbocycles. The van der Waals surface area contributed by atoms with Crippen LogP contribution in [0.3, 0.4) is 0 Å². The summed E-state index contributed by atoms with van der Waals surface area (Å²) in [5.41, 5.74) is 3.35. The second-order valence-electron chi connectivity index (χ2n) is 6.46. The average molecular weight is 486 g/mol. The Morgan fingerprint density at radius 1 is 0.879 bits per heavy atom. The molecule has 3 rings (SSSR count). The monoisotopic (exact) mass is 485 g/mol. The highest BCUT2D eigenvalue weighted by molar-refractivity contribution is 6.39. The van der Waals surface area contributed by atoms with Crippen molar-refractivity contribution in [1.82, 2.24) is 5.43 Å². The molecule has 10 heteroatoms. The van der Waals surface area contributed by atoms with E-state index in [4.69, 9.17) is 32.7 Å². The zero-order chi connectivity index (χ0) is 23.8. The summed E-state index contributed by atoms with van der Waals surface area (Å²) in [5.74, 6) is -1.54. The van der Waals surface area contributed by atoms with Crippen LogP contribution >= 0.6 is 23.2 Å². The van der Waals surface area contributed by atoms with Crippen molar-refractivity contribution in [2.45, 2.75) is 0 Å². The molecule has 0 saturated carbocycles. The SMILES string of the molecule is COc1ccc(NC(=O)C(=O)NN=Cc2ccc(OC(=O)c3ccc(Cl)cc3Cl)cc2)cc1. The molecule has 0 atom stereocenters. The number of carbonyl (C=O) groups excluding carboxylic acids is 3. The molecule has 2 N–H and O–H groups in total. The summed E-state index contributed by atoms with van der Waals surface area (Å²) in [6.45, 7) is 0. The Kier molecular flexibility index (Phi) is 8.01. The molecule has 0 aliphatic carbocycles. The van der Waals surface area contributed by atoms with Crippen LogP contribution in [0.15, 0.2) is 71.8 Å². The highest BCUT2D eigenvalue weighted by Crippen LogP contribution is 2.23. The van der Waals surface area contributed by atoms with Gasteiger partial charge >= 0.3 is 17.8 Å². The van der Waals surface area contributed by atoms with E-state index in [0.717, 1.165) is 0 Å². The van der Waals surface area contributed by atoms with Gasteiger partial charge in [0.05, 0.1) is 23.9 Å². The van der Waals surface area contributed by atoms with E-state index in [1.807, 2.05) is 0 Å². The highest BCUT2D eigenvalue weighted by atomic mass is 35.5. The number of hydrogen-bond acceptors (Lipinski definition) is 6. The van der Waals surface area contributed by atoms with Crippen molar-refractivity contribution in [3.8, 4) is 11.5 Å². The fourth-order valence-corrected chi connectivity index (χ4v) is 3.00. The normalized spacial score (nSPS) is 10.5. The molecule has 8 nitrogen and oxygen atoms in total. The summed E-state index contributed by atoms with van der Waals surface area (Å²) in [5, 5.41) is 6.78. The molecular weight excluding hydrogens is 469 g/mol. The molecule has 33 heavy (non-hydrogen) atoms. The van der Waals surface area contributed by atoms with Crippen LogP contribution in [0.2, 0.25) is 10.0 Å². The van der Waals surface area contributed by atoms with Gasteiger partial charge in [-0.15, -0.1) is 0 Å². The Labute approximate surface area is 199 Å². The smallest absolute Gasteiger partial charge is 0.345 e. The van der Waals surface area contributed by atoms with Crippen molar-refractivity contribution in [3.05, 3.63) is 87.9 Å². The van der Waals surface area contributed by atoms with Gasteiger partial charge in [0.15, 0.2) is 0 Å². The standard InChI is InChI=1S/C23H17Cl2N3O5/c1-32-17-9-5-16(6-10-17)27-21(29)22(30)28-26-13-14-2-7-18(8-3-14)33-23(31)19-11-4-15(24)12-20(19)25/h2-13H,1H3,(H,27,29)(H,28,30). The van der Waals surface area contributed by atoms with Gasteiger partial charge in [-0.1, -0.05) is 23.2 Å². The molecule has 0 bridgehead atoms. The van der Waals surface area contributed by atoms with Gasteiger partial charge in [-0.2, -0.15) is 5.10 Å². The second-order valence-corrected chi connectivity index (χ2v) is 7.31. The van der Waals surface area contributed by atoms with E-state index < -0.39 is 17.8 Å². The van der Waals surface area contributed by atoms with Gasteiger partial charge in [0, 0.05) is 10.7 Å². The second kappa shape index (κ2) is 11.1. The fraction of sp³-hybridized carbons (Fsp3) is 0.0435. The van der Waals surface area contributed by atoms with E-state index in [0.29, 0.717) is 22.0 Å². The predicted octanol–water partition coefficient (Wildman–Crippen LogP) is 4.31. The number of carbonyl (C=O) groups is 3. The summed E-state index contributed by atoms with van der Waals surface area (Å²) in [4.78, 5) is 36.0. The maximum Gasteiger partial charge on any atom is 0.345 e. The van der Waals surface area contributed by atoms with Crippen molar-refractivity contribution in [3.63, 3.8) is 0 Å². The van der Waals surface area contributed by atoms with Crippen molar-refractivity contribution in [2.75, 3.05) is 12.4 Å². The molecule has 0 aliphatic heterocycles. The van der Waals surface area contributed by atoms with Gasteiger partial charge in [-0.3, -0.25) is 9.59 Å². The first kappa shape index (κ1) is 23.8. The Balaban J connectivity index is 1.51. The maximum absolute atomic E-state index is 12.2. The van der Waals surface area contributed by atoms with Crippen LogP contribution in [0, 0.1) is 0 Å². The maximum atomic E-state index is 12.2. The van der Waals surface area contributed by atoms with Crippen molar-refractivity contribution < 1.29 is 23.9 Å². The highest BCUT2D eigenvalue weighted by Gasteiger charge is 2.14. The largest absolute Gasteiger partial charge is 0.497 e. The van der Waals surface area contributed by atoms with Gasteiger partial charge in [-0.05, 0) is 72.3 Å². The van der Waals surface area contributed by atoms with Crippen molar-refractivity contribution >= 4 is 52.9 Å². The Morgan fingerprint density at radius 3 is 2.18 bits per heavy atom. The zero-order valence-corrected chi connectivity index (χ0v) is 18.7. The molecule has 3 aromatic rings. The first-order valence-corrected chi connectivity index (χ1v) is 10.2. The number of nitrogens with one attached hydrogen (secondary N) is 2. The Bertz CT molecular complexity index is 1200. The van der Waals surface area contributed by atoms with Gasteiger partial charge in [0.1, 0.15) is 11.5 Å². The number of benzene rings is 3. The lowest BCUT2D eigenvalue weighted by molar-refractivity contribution is -0.136. The molecular formula is C23H17Cl2N3O5. The summed E-state index contributed by atoms with van der Waals surface area (Å²) >= 11 is 11.8. The number of halogens is 2. The van der Waals surface area contributed by atoms with Crippen LogP contribution in [-0.4, -0.2) is 31.1 Å². The lowest BCUT2D eigenvalue weighted by atomic mass is 10.2. The first-order chi connectivity index (χ1) is 15.9. The average Bonchev–Trinajstić information content (AvgIpc) is 2.80. The molecule has 0 spiro atoms. The van der Waals surface area contributed by atoms with Crippen LogP contribution < -0.4 is 20.2 Å². The minimum absolute atomic E-state index is 0.183. The third-order valence-electron chi connectivity index (χ3n) is 4.18. The lowest BCUT2D eigenvalue weighted by Gasteiger charge is -2.06. The molecule has 0 fully saturated rings. The van der Waals surface area contributed by atoms with Crippen LogP contribution in [0.1, 0.15) is 15.9 Å². The Hall–Kier alpha value is -3.88. The van der Waals surface area contributed by atoms with Gasteiger partial charge in [0.2, 0.25) is 0 Å². The third kappa shape index (κ3) is 6.80. The van der Waals surface area contributed by atoms with Gasteiger partial charge in [0.25, 0.3) is 0 Å². The van der Waals surface area contributed by atoms with Crippen LogP contribution in [0.5, 0.6) is 11.5 Å². The number of ether oxygens (including phenoxy) is 2. The van der Waals surface area contributed by atoms with E-state index in [2.05, 4.69) is 15.8 Å². The lowest BCUT2D eigenvalue weighted by Crippen LogP contribution is -2.32. The molecule has 0 saturated heterocycles. The molecule has 168 valence electrons. The third-order valence-corrected chi connectivity index (χ3v) is 4.72. The summed E-state index contributed by atoms with van der Waals surface area (Å²) in [6, 6.07) is 17.3. The van der Waals surface area contributed by atoms with E-state index in [1.165, 1.54) is 31.5 Å². The molecule has 0 unspecified atom stereocenters. The topological polar surface area (TPSA) is 106 Å². The number of esters is 1. The summed E-state index contributed by atoms with van der Waals surface area (Å²) in [6.07, 6.45) is 1.33. The number of rotatable bonds is 6. The predicted molar refractivity (Wildman–Crippen MR) is 125 cm³/mol. The minimum atomic E-state index is -0.938. The van der Waals surface area contributed by atoms with E-state index in [9.17, 15) is 14.4 Å². The number of amides is 2. The number of hydrazone groups is 1. The molecule has 0 heterocycles. The van der Waals surface area contributed by atoms with E-state index in [1.54, 1.807) is 48.5 Å². The number of anilines is 1. The Morgan fingerprint density at radius 2 is 1.55 bits per heavy atom. The van der Waals surface area contributed by atoms with E-state index >= 15 is 0 Å².